The van der Waals surface area contributed by atoms with Gasteiger partial charge in [-0.2, -0.15) is 4.98 Å². The smallest absolute Gasteiger partial charge is 0.281 e. The van der Waals surface area contributed by atoms with E-state index in [-0.39, 0.29) is 29.1 Å². The number of benzene rings is 1. The predicted molar refractivity (Wildman–Crippen MR) is 119 cm³/mol. The summed E-state index contributed by atoms with van der Waals surface area (Å²) in [6.45, 7) is 0.392. The number of likely N-dealkylation sites (tertiary alicyclic amines) is 1. The number of fused-ring (bicyclic) bond motifs is 2. The van der Waals surface area contributed by atoms with Gasteiger partial charge in [-0.3, -0.25) is 4.90 Å². The monoisotopic (exact) mass is 498 g/mol. The molecule has 186 valence electrons. The van der Waals surface area contributed by atoms with Gasteiger partial charge in [0.2, 0.25) is 11.8 Å². The van der Waals surface area contributed by atoms with Crippen molar-refractivity contribution in [2.75, 3.05) is 32.5 Å². The van der Waals surface area contributed by atoms with Gasteiger partial charge in [0.25, 0.3) is 12.3 Å². The first kappa shape index (κ1) is 19.8. The van der Waals surface area contributed by atoms with E-state index in [9.17, 15) is 17.6 Å². The van der Waals surface area contributed by atoms with Crippen molar-refractivity contribution in [2.24, 2.45) is 0 Å². The first-order valence-electron chi connectivity index (χ1n) is 12.1. The number of halogens is 5. The summed E-state index contributed by atoms with van der Waals surface area (Å²) < 4.78 is 100. The maximum absolute atomic E-state index is 15.4. The largest absolute Gasteiger partial charge is 0.479 e. The Bertz CT molecular complexity index is 1520. The molecule has 1 unspecified atom stereocenters. The second-order valence-electron chi connectivity index (χ2n) is 8.51. The Kier molecular flexibility index (Phi) is 4.71. The molecule has 0 saturated carbocycles. The summed E-state index contributed by atoms with van der Waals surface area (Å²) in [5.74, 6) is -4.61. The second kappa shape index (κ2) is 8.33. The molecule has 1 aliphatic heterocycles. The number of likely N-dealkylation sites (N-methyl/N-ethyl adjacent to an activating group) is 1. The van der Waals surface area contributed by atoms with Crippen LogP contribution in [0, 0.1) is 12.7 Å². The van der Waals surface area contributed by atoms with E-state index in [4.69, 9.17) is 8.85 Å². The molecule has 4 heterocycles. The van der Waals surface area contributed by atoms with Crippen LogP contribution in [-0.2, 0) is 6.54 Å². The van der Waals surface area contributed by atoms with Gasteiger partial charge in [0.05, 0.1) is 47.0 Å². The molecule has 1 aromatic carbocycles. The maximum atomic E-state index is 15.4. The van der Waals surface area contributed by atoms with Gasteiger partial charge in [0.15, 0.2) is 5.82 Å². The van der Waals surface area contributed by atoms with E-state index >= 15 is 4.39 Å². The van der Waals surface area contributed by atoms with Crippen molar-refractivity contribution in [1.29, 1.82) is 0 Å². The minimum atomic E-state index is -3.13. The van der Waals surface area contributed by atoms with Crippen LogP contribution in [0.25, 0.3) is 27.7 Å². The minimum absolute atomic E-state index is 0.0408. The normalized spacial score (nSPS) is 19.9. The second-order valence-corrected chi connectivity index (χ2v) is 8.51. The first-order chi connectivity index (χ1) is 17.7. The average Bonchev–Trinajstić information content (AvgIpc) is 3.36. The van der Waals surface area contributed by atoms with Gasteiger partial charge in [-0.1, -0.05) is 6.07 Å². The van der Waals surface area contributed by atoms with Crippen LogP contribution >= 0.6 is 0 Å². The zero-order chi connectivity index (χ0) is 27.6. The molecular formula is C22H22F5N7O. The van der Waals surface area contributed by atoms with Crippen LogP contribution in [0.1, 0.15) is 9.94 Å². The molecule has 3 aromatic heterocycles. The number of rotatable bonds is 6. The van der Waals surface area contributed by atoms with Crippen LogP contribution in [0.3, 0.4) is 0 Å². The number of ether oxygens (including phenoxy) is 1. The van der Waals surface area contributed by atoms with Gasteiger partial charge in [-0.25, -0.2) is 31.5 Å². The molecule has 1 N–H and O–H groups in total. The van der Waals surface area contributed by atoms with Crippen molar-refractivity contribution in [3.8, 4) is 17.0 Å². The van der Waals surface area contributed by atoms with Gasteiger partial charge in [-0.15, -0.1) is 5.10 Å². The number of methoxy groups -OCH3 is 1. The molecule has 1 aliphatic rings. The van der Waals surface area contributed by atoms with E-state index in [1.807, 2.05) is 0 Å². The lowest BCUT2D eigenvalue weighted by molar-refractivity contribution is 0.00582. The van der Waals surface area contributed by atoms with Crippen molar-refractivity contribution >= 4 is 22.5 Å². The third kappa shape index (κ3) is 4.03. The number of hydrogen-bond donors (Lipinski definition) is 1. The summed E-state index contributed by atoms with van der Waals surface area (Å²) in [6, 6.07) is 3.06. The number of nitrogens with zero attached hydrogens (tertiary/aromatic N) is 6. The highest BCUT2D eigenvalue weighted by atomic mass is 19.3. The molecule has 0 radical (unpaired) electrons. The standard InChI is InChI=1S/C22H22F5N7O/c1-11-28-14-5-4-12(6-15(14)33(11)9-17(24)25)18-13(23)7-34-19(18)20(35-3)30-21(31-34)29-16-8-32(2)10-22(16,26)27/h4-7,16-17H,8-10H2,1-3H3,(H,29,31)/i3D3. The predicted octanol–water partition coefficient (Wildman–Crippen LogP) is 3.83. The van der Waals surface area contributed by atoms with Crippen LogP contribution in [0.5, 0.6) is 5.88 Å². The first-order valence-corrected chi connectivity index (χ1v) is 10.6. The molecule has 8 nitrogen and oxygen atoms in total. The SMILES string of the molecule is [2H]C([2H])([2H])Oc1nc(NC2CN(C)CC2(F)F)nn2cc(F)c(-c3ccc4nc(C)n(CC(F)F)c4c3)c12. The number of anilines is 1. The summed E-state index contributed by atoms with van der Waals surface area (Å²) in [6.07, 6.45) is -1.73. The fraction of sp³-hybridized carbons (Fsp3) is 0.409. The summed E-state index contributed by atoms with van der Waals surface area (Å²) in [5, 5.41) is 6.57. The lowest BCUT2D eigenvalue weighted by Crippen LogP contribution is -2.38. The Morgan fingerprint density at radius 1 is 1.31 bits per heavy atom. The van der Waals surface area contributed by atoms with Crippen molar-refractivity contribution in [2.45, 2.75) is 31.9 Å². The van der Waals surface area contributed by atoms with E-state index < -0.39 is 50.2 Å². The van der Waals surface area contributed by atoms with Crippen LogP contribution in [-0.4, -0.2) is 74.6 Å². The third-order valence-electron chi connectivity index (χ3n) is 5.99. The van der Waals surface area contributed by atoms with Gasteiger partial charge in [0.1, 0.15) is 17.4 Å². The van der Waals surface area contributed by atoms with E-state index in [1.54, 1.807) is 6.92 Å². The van der Waals surface area contributed by atoms with Crippen LogP contribution in [0.15, 0.2) is 24.4 Å². The molecular weight excluding hydrogens is 473 g/mol. The van der Waals surface area contributed by atoms with E-state index in [0.29, 0.717) is 16.9 Å². The van der Waals surface area contributed by atoms with Crippen LogP contribution in [0.4, 0.5) is 27.9 Å². The van der Waals surface area contributed by atoms with E-state index in [0.717, 1.165) is 10.7 Å². The maximum Gasteiger partial charge on any atom is 0.281 e. The van der Waals surface area contributed by atoms with E-state index in [2.05, 4.69) is 20.4 Å². The topological polar surface area (TPSA) is 72.5 Å². The molecule has 5 rings (SSSR count). The quantitative estimate of drug-likeness (QED) is 0.408. The summed E-state index contributed by atoms with van der Waals surface area (Å²) in [4.78, 5) is 9.66. The molecule has 0 aliphatic carbocycles. The highest BCUT2D eigenvalue weighted by Gasteiger charge is 2.47. The van der Waals surface area contributed by atoms with Gasteiger partial charge < -0.3 is 14.6 Å². The van der Waals surface area contributed by atoms with Crippen molar-refractivity contribution < 1.29 is 30.8 Å². The summed E-state index contributed by atoms with van der Waals surface area (Å²) in [5.41, 5.74) is 0.558. The van der Waals surface area contributed by atoms with Crippen molar-refractivity contribution in [3.05, 3.63) is 36.0 Å². The lowest BCUT2D eigenvalue weighted by Gasteiger charge is -2.19. The molecule has 4 aromatic rings. The summed E-state index contributed by atoms with van der Waals surface area (Å²) in [7, 11) is -1.50. The highest BCUT2D eigenvalue weighted by Crippen LogP contribution is 2.36. The zero-order valence-electron chi connectivity index (χ0n) is 21.6. The van der Waals surface area contributed by atoms with Crippen molar-refractivity contribution in [1.82, 2.24) is 29.0 Å². The number of aryl methyl sites for hydroxylation is 1. The third-order valence-corrected chi connectivity index (χ3v) is 5.99. The fourth-order valence-electron chi connectivity index (χ4n) is 4.48. The van der Waals surface area contributed by atoms with Crippen molar-refractivity contribution in [3.63, 3.8) is 0 Å². The van der Waals surface area contributed by atoms with Gasteiger partial charge in [-0.05, 0) is 31.7 Å². The summed E-state index contributed by atoms with van der Waals surface area (Å²) >= 11 is 0. The number of nitrogens with one attached hydrogen (secondary N) is 1. The fourth-order valence-corrected chi connectivity index (χ4v) is 4.48. The number of aromatic nitrogens is 5. The number of alkyl halides is 4. The highest BCUT2D eigenvalue weighted by molar-refractivity contribution is 5.90. The lowest BCUT2D eigenvalue weighted by atomic mass is 10.1. The average molecular weight is 498 g/mol. The number of hydrogen-bond acceptors (Lipinski definition) is 6. The Morgan fingerprint density at radius 3 is 2.80 bits per heavy atom. The molecule has 13 heteroatoms. The zero-order valence-corrected chi connectivity index (χ0v) is 18.6. The Balaban J connectivity index is 1.65. The molecule has 35 heavy (non-hydrogen) atoms. The Hall–Kier alpha value is -3.48. The van der Waals surface area contributed by atoms with Gasteiger partial charge >= 0.3 is 0 Å². The Morgan fingerprint density at radius 2 is 2.11 bits per heavy atom. The van der Waals surface area contributed by atoms with E-state index in [1.165, 1.54) is 34.7 Å². The molecule has 1 atom stereocenters. The molecule has 1 fully saturated rings. The molecule has 0 bridgehead atoms. The Labute approximate surface area is 200 Å². The van der Waals surface area contributed by atoms with Gasteiger partial charge in [0, 0.05) is 6.54 Å². The molecule has 1 saturated heterocycles. The van der Waals surface area contributed by atoms with Crippen LogP contribution in [0.2, 0.25) is 0 Å². The number of imidazole rings is 1. The molecule has 0 spiro atoms. The molecule has 0 amide bonds. The minimum Gasteiger partial charge on any atom is -0.479 e. The van der Waals surface area contributed by atoms with Crippen LogP contribution < -0.4 is 10.1 Å².